The third kappa shape index (κ3) is 3.22. The number of benzene rings is 1. The van der Waals surface area contributed by atoms with Gasteiger partial charge in [-0.25, -0.2) is 0 Å². The summed E-state index contributed by atoms with van der Waals surface area (Å²) in [5.74, 6) is 0. The topological polar surface area (TPSA) is 52.5 Å². The number of hydrogen-bond donors (Lipinski definition) is 3. The summed E-state index contributed by atoms with van der Waals surface area (Å²) in [5, 5.41) is 22.2. The minimum atomic E-state index is -0.560. The van der Waals surface area contributed by atoms with Crippen molar-refractivity contribution in [3.05, 3.63) is 29.8 Å². The molecule has 0 saturated heterocycles. The Bertz CT molecular complexity index is 301. The Kier molecular flexibility index (Phi) is 4.59. The molecule has 2 atom stereocenters. The number of rotatable bonds is 5. The molecule has 0 radical (unpaired) electrons. The SMILES string of the molecule is CCC(O)Nc1ccccc1C(O)CC. The highest BCUT2D eigenvalue weighted by Gasteiger charge is 2.11. The molecule has 0 spiro atoms. The zero-order valence-corrected chi connectivity index (χ0v) is 9.27. The van der Waals surface area contributed by atoms with Crippen molar-refractivity contribution < 1.29 is 10.2 Å². The average Bonchev–Trinajstić information content (AvgIpc) is 2.28. The number of aliphatic hydroxyl groups excluding tert-OH is 2. The number of nitrogens with one attached hydrogen (secondary N) is 1. The second-order valence-corrected chi connectivity index (χ2v) is 3.58. The smallest absolute Gasteiger partial charge is 0.124 e. The maximum Gasteiger partial charge on any atom is 0.124 e. The molecule has 3 N–H and O–H groups in total. The van der Waals surface area contributed by atoms with E-state index in [-0.39, 0.29) is 0 Å². The van der Waals surface area contributed by atoms with Crippen LogP contribution in [0.3, 0.4) is 0 Å². The van der Waals surface area contributed by atoms with E-state index < -0.39 is 12.3 Å². The van der Waals surface area contributed by atoms with Crippen LogP contribution in [0.1, 0.15) is 38.4 Å². The highest BCUT2D eigenvalue weighted by atomic mass is 16.3. The third-order valence-electron chi connectivity index (χ3n) is 2.42. The molecule has 0 amide bonds. The molecule has 3 nitrogen and oxygen atoms in total. The van der Waals surface area contributed by atoms with Crippen LogP contribution in [0.2, 0.25) is 0 Å². The summed E-state index contributed by atoms with van der Waals surface area (Å²) < 4.78 is 0. The Morgan fingerprint density at radius 3 is 2.40 bits per heavy atom. The van der Waals surface area contributed by atoms with Gasteiger partial charge in [-0.1, -0.05) is 32.0 Å². The maximum absolute atomic E-state index is 9.77. The van der Waals surface area contributed by atoms with Gasteiger partial charge >= 0.3 is 0 Å². The van der Waals surface area contributed by atoms with Gasteiger partial charge in [-0.2, -0.15) is 0 Å². The van der Waals surface area contributed by atoms with Crippen LogP contribution in [0.15, 0.2) is 24.3 Å². The van der Waals surface area contributed by atoms with Crippen molar-refractivity contribution in [2.75, 3.05) is 5.32 Å². The molecule has 0 aliphatic rings. The molecule has 0 aliphatic carbocycles. The van der Waals surface area contributed by atoms with E-state index in [0.29, 0.717) is 12.8 Å². The van der Waals surface area contributed by atoms with Gasteiger partial charge < -0.3 is 15.5 Å². The summed E-state index contributed by atoms with van der Waals surface area (Å²) in [6.07, 6.45) is 0.269. The molecule has 0 bridgehead atoms. The van der Waals surface area contributed by atoms with Crippen molar-refractivity contribution in [1.82, 2.24) is 0 Å². The lowest BCUT2D eigenvalue weighted by atomic mass is 10.0. The fourth-order valence-electron chi connectivity index (χ4n) is 1.42. The van der Waals surface area contributed by atoms with Crippen LogP contribution in [0.5, 0.6) is 0 Å². The second kappa shape index (κ2) is 5.73. The van der Waals surface area contributed by atoms with E-state index in [4.69, 9.17) is 0 Å². The molecule has 84 valence electrons. The van der Waals surface area contributed by atoms with Crippen LogP contribution in [-0.4, -0.2) is 16.4 Å². The van der Waals surface area contributed by atoms with Gasteiger partial charge in [0.05, 0.1) is 6.10 Å². The van der Waals surface area contributed by atoms with Crippen LogP contribution in [0.25, 0.3) is 0 Å². The van der Waals surface area contributed by atoms with Gasteiger partial charge in [0.15, 0.2) is 0 Å². The zero-order valence-electron chi connectivity index (χ0n) is 9.27. The van der Waals surface area contributed by atoms with Crippen LogP contribution >= 0.6 is 0 Å². The van der Waals surface area contributed by atoms with Crippen molar-refractivity contribution in [2.45, 2.75) is 39.0 Å². The quantitative estimate of drug-likeness (QED) is 0.652. The minimum Gasteiger partial charge on any atom is -0.388 e. The van der Waals surface area contributed by atoms with Crippen molar-refractivity contribution in [1.29, 1.82) is 0 Å². The van der Waals surface area contributed by atoms with Gasteiger partial charge in [-0.05, 0) is 18.9 Å². The summed E-state index contributed by atoms with van der Waals surface area (Å²) in [7, 11) is 0. The Balaban J connectivity index is 2.86. The highest BCUT2D eigenvalue weighted by Crippen LogP contribution is 2.25. The number of aliphatic hydroxyl groups is 2. The number of hydrogen-bond acceptors (Lipinski definition) is 3. The number of anilines is 1. The Labute approximate surface area is 90.8 Å². The fourth-order valence-corrected chi connectivity index (χ4v) is 1.42. The van der Waals surface area contributed by atoms with Crippen LogP contribution < -0.4 is 5.32 Å². The van der Waals surface area contributed by atoms with Gasteiger partial charge in [-0.3, -0.25) is 0 Å². The molecule has 2 unspecified atom stereocenters. The van der Waals surface area contributed by atoms with Crippen LogP contribution in [0, 0.1) is 0 Å². The summed E-state index contributed by atoms with van der Waals surface area (Å²) >= 11 is 0. The predicted octanol–water partition coefficient (Wildman–Crippen LogP) is 2.27. The van der Waals surface area contributed by atoms with Crippen molar-refractivity contribution in [3.8, 4) is 0 Å². The Hall–Kier alpha value is -1.06. The normalized spacial score (nSPS) is 14.7. The standard InChI is InChI=1S/C12H19NO2/c1-3-11(14)9-7-5-6-8-10(9)13-12(15)4-2/h5-8,11-15H,3-4H2,1-2H3. The van der Waals surface area contributed by atoms with Gasteiger partial charge in [0, 0.05) is 11.3 Å². The first kappa shape index (κ1) is 12.0. The average molecular weight is 209 g/mol. The molecule has 0 heterocycles. The molecular weight excluding hydrogens is 190 g/mol. The van der Waals surface area contributed by atoms with Crippen LogP contribution in [0.4, 0.5) is 5.69 Å². The Morgan fingerprint density at radius 2 is 1.80 bits per heavy atom. The number of para-hydroxylation sites is 1. The summed E-state index contributed by atoms with van der Waals surface area (Å²) in [6, 6.07) is 7.51. The lowest BCUT2D eigenvalue weighted by Crippen LogP contribution is -2.18. The largest absolute Gasteiger partial charge is 0.388 e. The molecule has 0 saturated carbocycles. The second-order valence-electron chi connectivity index (χ2n) is 3.58. The zero-order chi connectivity index (χ0) is 11.3. The monoisotopic (exact) mass is 209 g/mol. The van der Waals surface area contributed by atoms with E-state index in [9.17, 15) is 10.2 Å². The summed E-state index contributed by atoms with van der Waals surface area (Å²) in [4.78, 5) is 0. The van der Waals surface area contributed by atoms with Crippen molar-refractivity contribution in [2.24, 2.45) is 0 Å². The summed E-state index contributed by atoms with van der Waals surface area (Å²) in [5.41, 5.74) is 1.65. The van der Waals surface area contributed by atoms with Crippen molar-refractivity contribution in [3.63, 3.8) is 0 Å². The van der Waals surface area contributed by atoms with E-state index in [1.165, 1.54) is 0 Å². The molecule has 1 rings (SSSR count). The predicted molar refractivity (Wildman–Crippen MR) is 61.6 cm³/mol. The lowest BCUT2D eigenvalue weighted by Gasteiger charge is -2.18. The van der Waals surface area contributed by atoms with E-state index in [1.807, 2.05) is 38.1 Å². The maximum atomic E-state index is 9.77. The fraction of sp³-hybridized carbons (Fsp3) is 0.500. The molecule has 0 aliphatic heterocycles. The van der Waals surface area contributed by atoms with Crippen molar-refractivity contribution >= 4 is 5.69 Å². The molecule has 1 aromatic carbocycles. The van der Waals surface area contributed by atoms with E-state index in [1.54, 1.807) is 0 Å². The third-order valence-corrected chi connectivity index (χ3v) is 2.42. The van der Waals surface area contributed by atoms with E-state index in [2.05, 4.69) is 5.32 Å². The molecule has 3 heteroatoms. The molecule has 0 fully saturated rings. The highest BCUT2D eigenvalue weighted by molar-refractivity contribution is 5.52. The Morgan fingerprint density at radius 1 is 1.13 bits per heavy atom. The van der Waals surface area contributed by atoms with Gasteiger partial charge in [0.25, 0.3) is 0 Å². The molecule has 1 aromatic rings. The summed E-state index contributed by atoms with van der Waals surface area (Å²) in [6.45, 7) is 3.83. The lowest BCUT2D eigenvalue weighted by molar-refractivity contribution is 0.172. The first-order chi connectivity index (χ1) is 7.19. The molecule has 0 aromatic heterocycles. The van der Waals surface area contributed by atoms with Gasteiger partial charge in [0.1, 0.15) is 6.23 Å². The minimum absolute atomic E-state index is 0.474. The first-order valence-corrected chi connectivity index (χ1v) is 5.40. The van der Waals surface area contributed by atoms with Gasteiger partial charge in [-0.15, -0.1) is 0 Å². The van der Waals surface area contributed by atoms with Gasteiger partial charge in [0.2, 0.25) is 0 Å². The van der Waals surface area contributed by atoms with E-state index in [0.717, 1.165) is 11.3 Å². The van der Waals surface area contributed by atoms with E-state index >= 15 is 0 Å². The molecular formula is C12H19NO2. The first-order valence-electron chi connectivity index (χ1n) is 5.40. The molecule has 15 heavy (non-hydrogen) atoms. The van der Waals surface area contributed by atoms with Crippen LogP contribution in [-0.2, 0) is 0 Å².